The lowest BCUT2D eigenvalue weighted by molar-refractivity contribution is -0.112. The lowest BCUT2D eigenvalue weighted by atomic mass is 10.2. The minimum absolute atomic E-state index is 0.0190. The first-order valence-electron chi connectivity index (χ1n) is 7.55. The molecule has 2 aromatic carbocycles. The topological polar surface area (TPSA) is 66.0 Å². The normalized spacial score (nSPS) is 10.9. The molecular formula is C20H14N2O2S. The predicted molar refractivity (Wildman–Crippen MR) is 97.9 cm³/mol. The summed E-state index contributed by atoms with van der Waals surface area (Å²) in [6, 6.07) is 24.3. The maximum Gasteiger partial charge on any atom is 0.266 e. The number of nitrogens with zero attached hydrogens (tertiary/aromatic N) is 1. The summed E-state index contributed by atoms with van der Waals surface area (Å²) in [5, 5.41) is 12.6. The molecule has 0 unspecified atom stereocenters. The van der Waals surface area contributed by atoms with E-state index < -0.39 is 5.91 Å². The van der Waals surface area contributed by atoms with Crippen LogP contribution in [-0.4, -0.2) is 5.91 Å². The molecule has 4 nitrogen and oxygen atoms in total. The summed E-state index contributed by atoms with van der Waals surface area (Å²) >= 11 is 1.47. The van der Waals surface area contributed by atoms with Crippen LogP contribution < -0.4 is 5.32 Å². The minimum Gasteiger partial charge on any atom is -0.450 e. The van der Waals surface area contributed by atoms with E-state index in [1.807, 2.05) is 60.7 Å². The van der Waals surface area contributed by atoms with E-state index in [2.05, 4.69) is 5.32 Å². The highest BCUT2D eigenvalue weighted by molar-refractivity contribution is 7.99. The number of anilines is 1. The molecule has 0 spiro atoms. The van der Waals surface area contributed by atoms with Gasteiger partial charge in [-0.25, -0.2) is 0 Å². The van der Waals surface area contributed by atoms with Crippen molar-refractivity contribution in [1.82, 2.24) is 0 Å². The Bertz CT molecular complexity index is 925. The van der Waals surface area contributed by atoms with E-state index in [-0.39, 0.29) is 5.57 Å². The van der Waals surface area contributed by atoms with Gasteiger partial charge in [0.2, 0.25) is 0 Å². The number of nitrogens with one attached hydrogen (secondary N) is 1. The summed E-state index contributed by atoms with van der Waals surface area (Å²) in [5.74, 6) is -0.0134. The maximum atomic E-state index is 12.2. The van der Waals surface area contributed by atoms with E-state index in [1.54, 1.807) is 18.2 Å². The van der Waals surface area contributed by atoms with Gasteiger partial charge >= 0.3 is 0 Å². The monoisotopic (exact) mass is 346 g/mol. The smallest absolute Gasteiger partial charge is 0.266 e. The Balaban J connectivity index is 1.72. The summed E-state index contributed by atoms with van der Waals surface area (Å²) in [6.45, 7) is 0. The van der Waals surface area contributed by atoms with Crippen molar-refractivity contribution in [3.63, 3.8) is 0 Å². The zero-order chi connectivity index (χ0) is 17.5. The average molecular weight is 346 g/mol. The van der Waals surface area contributed by atoms with Gasteiger partial charge in [-0.15, -0.1) is 0 Å². The number of furan rings is 1. The summed E-state index contributed by atoms with van der Waals surface area (Å²) in [4.78, 5) is 13.2. The quantitative estimate of drug-likeness (QED) is 0.523. The Morgan fingerprint density at radius 1 is 1.00 bits per heavy atom. The third-order valence-corrected chi connectivity index (χ3v) is 4.18. The Hall–Kier alpha value is -3.23. The molecule has 3 rings (SSSR count). The van der Waals surface area contributed by atoms with Crippen molar-refractivity contribution >= 4 is 29.4 Å². The second-order valence-corrected chi connectivity index (χ2v) is 6.14. The van der Waals surface area contributed by atoms with E-state index in [0.29, 0.717) is 16.5 Å². The molecule has 0 saturated heterocycles. The fraction of sp³-hybridized carbons (Fsp3) is 0. The molecule has 5 heteroatoms. The zero-order valence-corrected chi connectivity index (χ0v) is 14.0. The number of hydrogen-bond donors (Lipinski definition) is 1. The average Bonchev–Trinajstić information content (AvgIpc) is 3.08. The molecule has 0 fully saturated rings. The number of nitriles is 1. The highest BCUT2D eigenvalue weighted by Crippen LogP contribution is 2.29. The van der Waals surface area contributed by atoms with Crippen LogP contribution in [0.15, 0.2) is 92.8 Å². The molecular weight excluding hydrogens is 332 g/mol. The highest BCUT2D eigenvalue weighted by atomic mass is 32.2. The van der Waals surface area contributed by atoms with Crippen LogP contribution in [0.4, 0.5) is 5.69 Å². The molecule has 1 amide bonds. The van der Waals surface area contributed by atoms with Gasteiger partial charge in [0.15, 0.2) is 5.09 Å². The van der Waals surface area contributed by atoms with Gasteiger partial charge in [-0.2, -0.15) is 5.26 Å². The molecule has 1 aromatic heterocycles. The fourth-order valence-corrected chi connectivity index (χ4v) is 2.88. The van der Waals surface area contributed by atoms with Gasteiger partial charge in [0.25, 0.3) is 5.91 Å². The van der Waals surface area contributed by atoms with Crippen molar-refractivity contribution in [3.8, 4) is 6.07 Å². The van der Waals surface area contributed by atoms with Crippen LogP contribution in [0, 0.1) is 11.3 Å². The Kier molecular flexibility index (Phi) is 5.35. The molecule has 0 atom stereocenters. The molecule has 25 heavy (non-hydrogen) atoms. The standard InChI is InChI=1S/C20H14N2O2S/c21-14-15(20(23)22-16-7-3-1-4-8-16)13-17-11-12-19(24-17)25-18-9-5-2-6-10-18/h1-13H,(H,22,23)/b15-13+. The Morgan fingerprint density at radius 2 is 1.68 bits per heavy atom. The molecule has 0 saturated carbocycles. The number of benzene rings is 2. The van der Waals surface area contributed by atoms with Crippen LogP contribution in [0.25, 0.3) is 6.08 Å². The van der Waals surface area contributed by atoms with Crippen molar-refractivity contribution in [2.24, 2.45) is 0 Å². The summed E-state index contributed by atoms with van der Waals surface area (Å²) < 4.78 is 5.68. The first kappa shape index (κ1) is 16.6. The number of para-hydroxylation sites is 1. The molecule has 1 heterocycles. The highest BCUT2D eigenvalue weighted by Gasteiger charge is 2.11. The van der Waals surface area contributed by atoms with Gasteiger partial charge in [-0.3, -0.25) is 4.79 Å². The molecule has 0 radical (unpaired) electrons. The number of amides is 1. The van der Waals surface area contributed by atoms with Crippen molar-refractivity contribution in [2.75, 3.05) is 5.32 Å². The van der Waals surface area contributed by atoms with E-state index in [9.17, 15) is 10.1 Å². The molecule has 3 aromatic rings. The SMILES string of the molecule is N#C/C(=C\c1ccc(Sc2ccccc2)o1)C(=O)Nc1ccccc1. The number of carbonyl (C=O) groups excluding carboxylic acids is 1. The molecule has 0 aliphatic carbocycles. The van der Waals surface area contributed by atoms with Crippen molar-refractivity contribution in [2.45, 2.75) is 9.99 Å². The van der Waals surface area contributed by atoms with Crippen LogP contribution >= 0.6 is 11.8 Å². The number of hydrogen-bond acceptors (Lipinski definition) is 4. The summed E-state index contributed by atoms with van der Waals surface area (Å²) in [7, 11) is 0. The van der Waals surface area contributed by atoms with Gasteiger partial charge in [0, 0.05) is 16.7 Å². The molecule has 0 aliphatic rings. The lowest BCUT2D eigenvalue weighted by Gasteiger charge is -2.03. The van der Waals surface area contributed by atoms with Gasteiger partial charge in [0.05, 0.1) is 0 Å². The molecule has 1 N–H and O–H groups in total. The molecule has 0 aliphatic heterocycles. The van der Waals surface area contributed by atoms with E-state index >= 15 is 0 Å². The van der Waals surface area contributed by atoms with E-state index in [0.717, 1.165) is 4.90 Å². The van der Waals surface area contributed by atoms with Crippen LogP contribution in [0.2, 0.25) is 0 Å². The lowest BCUT2D eigenvalue weighted by Crippen LogP contribution is -2.13. The van der Waals surface area contributed by atoms with E-state index in [4.69, 9.17) is 4.42 Å². The summed E-state index contributed by atoms with van der Waals surface area (Å²) in [5.41, 5.74) is 0.614. The second-order valence-electron chi connectivity index (χ2n) is 5.06. The van der Waals surface area contributed by atoms with Gasteiger partial charge in [-0.1, -0.05) is 48.2 Å². The zero-order valence-electron chi connectivity index (χ0n) is 13.2. The largest absolute Gasteiger partial charge is 0.450 e. The fourth-order valence-electron chi connectivity index (χ4n) is 2.08. The minimum atomic E-state index is -0.470. The van der Waals surface area contributed by atoms with Crippen molar-refractivity contribution in [1.29, 1.82) is 5.26 Å². The third-order valence-electron chi connectivity index (χ3n) is 3.25. The van der Waals surface area contributed by atoms with Crippen LogP contribution in [0.1, 0.15) is 5.76 Å². The number of rotatable bonds is 5. The van der Waals surface area contributed by atoms with Gasteiger partial charge in [-0.05, 0) is 36.4 Å². The van der Waals surface area contributed by atoms with Crippen LogP contribution in [0.5, 0.6) is 0 Å². The van der Waals surface area contributed by atoms with Gasteiger partial charge in [0.1, 0.15) is 17.4 Å². The van der Waals surface area contributed by atoms with Crippen LogP contribution in [0.3, 0.4) is 0 Å². The summed E-state index contributed by atoms with van der Waals surface area (Å²) in [6.07, 6.45) is 1.44. The first-order valence-corrected chi connectivity index (χ1v) is 8.37. The van der Waals surface area contributed by atoms with Crippen LogP contribution in [-0.2, 0) is 4.79 Å². The maximum absolute atomic E-state index is 12.2. The first-order chi connectivity index (χ1) is 12.2. The number of carbonyl (C=O) groups is 1. The predicted octanol–water partition coefficient (Wildman–Crippen LogP) is 4.98. The second kappa shape index (κ2) is 8.04. The third kappa shape index (κ3) is 4.63. The van der Waals surface area contributed by atoms with E-state index in [1.165, 1.54) is 17.8 Å². The van der Waals surface area contributed by atoms with Gasteiger partial charge < -0.3 is 9.73 Å². The van der Waals surface area contributed by atoms with Crippen molar-refractivity contribution < 1.29 is 9.21 Å². The Morgan fingerprint density at radius 3 is 2.36 bits per heavy atom. The molecule has 122 valence electrons. The molecule has 0 bridgehead atoms. The Labute approximate surface area is 149 Å². The van der Waals surface area contributed by atoms with Crippen molar-refractivity contribution in [3.05, 3.63) is 84.1 Å².